The molecule has 1 aliphatic heterocycles. The van der Waals surface area contributed by atoms with Crippen LogP contribution in [0.15, 0.2) is 118 Å². The van der Waals surface area contributed by atoms with E-state index in [0.29, 0.717) is 5.11 Å². The van der Waals surface area contributed by atoms with Crippen molar-refractivity contribution in [2.75, 3.05) is 4.90 Å². The number of nitrogens with one attached hydrogen (secondary N) is 1. The number of thiocarbonyl (C=S) groups is 1. The van der Waals surface area contributed by atoms with Gasteiger partial charge >= 0.3 is 0 Å². The molecule has 5 aromatic rings. The van der Waals surface area contributed by atoms with Gasteiger partial charge in [0.1, 0.15) is 29.1 Å². The highest BCUT2D eigenvalue weighted by Crippen LogP contribution is 2.43. The summed E-state index contributed by atoms with van der Waals surface area (Å²) < 4.78 is 13.6. The van der Waals surface area contributed by atoms with Gasteiger partial charge in [-0.1, -0.05) is 52.3 Å². The molecule has 1 N–H and O–H groups in total. The summed E-state index contributed by atoms with van der Waals surface area (Å²) in [6.07, 6.45) is 1.80. The summed E-state index contributed by atoms with van der Waals surface area (Å²) in [4.78, 5) is 6.72. The molecule has 1 fully saturated rings. The van der Waals surface area contributed by atoms with Gasteiger partial charge in [0.05, 0.1) is 11.7 Å². The minimum absolute atomic E-state index is 0.185. The Hall–Kier alpha value is -3.94. The first-order valence-electron chi connectivity index (χ1n) is 12.3. The number of furan rings is 1. The van der Waals surface area contributed by atoms with E-state index in [0.717, 1.165) is 50.0 Å². The lowest BCUT2D eigenvalue weighted by molar-refractivity contribution is 0.439. The van der Waals surface area contributed by atoms with Gasteiger partial charge in [0.2, 0.25) is 0 Å². The van der Waals surface area contributed by atoms with Crippen molar-refractivity contribution in [3.63, 3.8) is 0 Å². The van der Waals surface area contributed by atoms with Crippen molar-refractivity contribution in [3.05, 3.63) is 131 Å². The SMILES string of the molecule is Cc1ccccc1Oc1ccc(N2C(=S)N[C@@H](c3ccccn3)[C@@H]2c2ccc(-c3ccc(Br)cc3)o2)cc1. The zero-order valence-corrected chi connectivity index (χ0v) is 22.9. The zero-order valence-electron chi connectivity index (χ0n) is 20.5. The van der Waals surface area contributed by atoms with Crippen LogP contribution in [0.4, 0.5) is 5.69 Å². The lowest BCUT2D eigenvalue weighted by Gasteiger charge is -2.26. The van der Waals surface area contributed by atoms with E-state index in [1.807, 2.05) is 110 Å². The van der Waals surface area contributed by atoms with Crippen molar-refractivity contribution in [1.29, 1.82) is 0 Å². The van der Waals surface area contributed by atoms with Crippen molar-refractivity contribution in [3.8, 4) is 22.8 Å². The van der Waals surface area contributed by atoms with Crippen molar-refractivity contribution < 1.29 is 9.15 Å². The number of hydrogen-bond acceptors (Lipinski definition) is 4. The molecule has 0 spiro atoms. The van der Waals surface area contributed by atoms with E-state index < -0.39 is 0 Å². The predicted molar refractivity (Wildman–Crippen MR) is 157 cm³/mol. The average Bonchev–Trinajstić information content (AvgIpc) is 3.56. The second kappa shape index (κ2) is 10.4. The normalized spacial score (nSPS) is 16.9. The maximum Gasteiger partial charge on any atom is 0.174 e. The number of anilines is 1. The summed E-state index contributed by atoms with van der Waals surface area (Å²) in [5.41, 5.74) is 3.92. The lowest BCUT2D eigenvalue weighted by Crippen LogP contribution is -2.29. The molecule has 0 amide bonds. The number of benzene rings is 3. The number of nitrogens with zero attached hydrogens (tertiary/aromatic N) is 2. The third kappa shape index (κ3) is 4.83. The molecular formula is C31H24BrN3O2S. The molecule has 7 heteroatoms. The van der Waals surface area contributed by atoms with E-state index in [9.17, 15) is 0 Å². The second-order valence-corrected chi connectivity index (χ2v) is 10.4. The molecule has 0 radical (unpaired) electrons. The molecule has 0 saturated carbocycles. The van der Waals surface area contributed by atoms with Crippen LogP contribution in [0.5, 0.6) is 11.5 Å². The summed E-state index contributed by atoms with van der Waals surface area (Å²) in [5.74, 6) is 3.19. The Balaban J connectivity index is 1.35. The molecule has 0 aliphatic carbocycles. The van der Waals surface area contributed by atoms with Crippen molar-refractivity contribution in [2.24, 2.45) is 0 Å². The first kappa shape index (κ1) is 24.4. The molecule has 6 rings (SSSR count). The van der Waals surface area contributed by atoms with Crippen LogP contribution in [0.1, 0.15) is 29.1 Å². The lowest BCUT2D eigenvalue weighted by atomic mass is 10.0. The topological polar surface area (TPSA) is 50.5 Å². The molecule has 3 aromatic carbocycles. The van der Waals surface area contributed by atoms with Crippen LogP contribution in [0, 0.1) is 6.92 Å². The van der Waals surface area contributed by atoms with E-state index in [-0.39, 0.29) is 12.1 Å². The molecule has 188 valence electrons. The quantitative estimate of drug-likeness (QED) is 0.203. The number of rotatable bonds is 6. The van der Waals surface area contributed by atoms with Crippen LogP contribution in [-0.2, 0) is 0 Å². The van der Waals surface area contributed by atoms with Gasteiger partial charge in [-0.15, -0.1) is 0 Å². The largest absolute Gasteiger partial charge is 0.459 e. The summed E-state index contributed by atoms with van der Waals surface area (Å²) in [6.45, 7) is 2.03. The minimum atomic E-state index is -0.232. The molecule has 5 nitrogen and oxygen atoms in total. The highest BCUT2D eigenvalue weighted by molar-refractivity contribution is 9.10. The van der Waals surface area contributed by atoms with Crippen LogP contribution < -0.4 is 15.0 Å². The van der Waals surface area contributed by atoms with Crippen LogP contribution in [-0.4, -0.2) is 10.1 Å². The first-order valence-corrected chi connectivity index (χ1v) is 13.5. The number of hydrogen-bond donors (Lipinski definition) is 1. The predicted octanol–water partition coefficient (Wildman–Crippen LogP) is 8.38. The highest BCUT2D eigenvalue weighted by atomic mass is 79.9. The van der Waals surface area contributed by atoms with Gasteiger partial charge in [0.15, 0.2) is 5.11 Å². The van der Waals surface area contributed by atoms with Gasteiger partial charge in [0, 0.05) is 21.9 Å². The summed E-state index contributed by atoms with van der Waals surface area (Å²) >= 11 is 9.36. The van der Waals surface area contributed by atoms with Crippen molar-refractivity contribution in [1.82, 2.24) is 10.3 Å². The molecule has 38 heavy (non-hydrogen) atoms. The number of para-hydroxylation sites is 1. The molecule has 0 unspecified atom stereocenters. The van der Waals surface area contributed by atoms with Gasteiger partial charge < -0.3 is 19.4 Å². The zero-order chi connectivity index (χ0) is 26.1. The van der Waals surface area contributed by atoms with E-state index in [1.54, 1.807) is 6.20 Å². The third-order valence-electron chi connectivity index (χ3n) is 6.58. The van der Waals surface area contributed by atoms with Crippen LogP contribution in [0.2, 0.25) is 0 Å². The summed E-state index contributed by atoms with van der Waals surface area (Å²) in [7, 11) is 0. The molecular weight excluding hydrogens is 558 g/mol. The second-order valence-electron chi connectivity index (χ2n) is 9.07. The number of aromatic nitrogens is 1. The fraction of sp³-hybridized carbons (Fsp3) is 0.0968. The molecule has 1 aliphatic rings. The maximum atomic E-state index is 6.45. The number of halogens is 1. The molecule has 2 atom stereocenters. The van der Waals surface area contributed by atoms with Crippen LogP contribution in [0.25, 0.3) is 11.3 Å². The van der Waals surface area contributed by atoms with E-state index in [4.69, 9.17) is 21.4 Å². The van der Waals surface area contributed by atoms with Gasteiger partial charge in [-0.2, -0.15) is 0 Å². The van der Waals surface area contributed by atoms with E-state index in [2.05, 4.69) is 31.1 Å². The standard InChI is InChI=1S/C31H24BrN3O2S/c1-20-6-2-3-8-26(20)36-24-15-13-23(14-16-24)35-30(29(34-31(35)38)25-7-4-5-19-33-25)28-18-17-27(37-28)21-9-11-22(32)12-10-21/h2-19,29-30H,1H3,(H,34,38)/t29-,30-/m0/s1. The Labute approximate surface area is 235 Å². The van der Waals surface area contributed by atoms with Gasteiger partial charge in [-0.05, 0) is 91.4 Å². The van der Waals surface area contributed by atoms with Crippen LogP contribution >= 0.6 is 28.1 Å². The highest BCUT2D eigenvalue weighted by Gasteiger charge is 2.42. The summed E-state index contributed by atoms with van der Waals surface area (Å²) in [6, 6.07) is 33.5. The molecule has 1 saturated heterocycles. The third-order valence-corrected chi connectivity index (χ3v) is 7.42. The first-order chi connectivity index (χ1) is 18.6. The Morgan fingerprint density at radius 1 is 0.895 bits per heavy atom. The monoisotopic (exact) mass is 581 g/mol. The Kier molecular flexibility index (Phi) is 6.70. The average molecular weight is 583 g/mol. The van der Waals surface area contributed by atoms with Gasteiger partial charge in [0.25, 0.3) is 0 Å². The number of ether oxygens (including phenoxy) is 1. The number of pyridine rings is 1. The minimum Gasteiger partial charge on any atom is -0.459 e. The fourth-order valence-electron chi connectivity index (χ4n) is 4.68. The smallest absolute Gasteiger partial charge is 0.174 e. The Morgan fingerprint density at radius 3 is 2.39 bits per heavy atom. The molecule has 2 aromatic heterocycles. The summed E-state index contributed by atoms with van der Waals surface area (Å²) in [5, 5.41) is 4.09. The van der Waals surface area contributed by atoms with Crippen molar-refractivity contribution in [2.45, 2.75) is 19.0 Å². The Morgan fingerprint density at radius 2 is 1.66 bits per heavy atom. The number of aryl methyl sites for hydroxylation is 1. The molecule has 0 bridgehead atoms. The van der Waals surface area contributed by atoms with Crippen molar-refractivity contribution >= 4 is 38.9 Å². The fourth-order valence-corrected chi connectivity index (χ4v) is 5.29. The van der Waals surface area contributed by atoms with Gasteiger partial charge in [-0.25, -0.2) is 0 Å². The Bertz CT molecular complexity index is 1570. The van der Waals surface area contributed by atoms with E-state index in [1.165, 1.54) is 0 Å². The van der Waals surface area contributed by atoms with E-state index >= 15 is 0 Å². The van der Waals surface area contributed by atoms with Gasteiger partial charge in [-0.3, -0.25) is 4.98 Å². The molecule has 3 heterocycles. The van der Waals surface area contributed by atoms with Crippen LogP contribution in [0.3, 0.4) is 0 Å². The maximum absolute atomic E-state index is 6.45.